The Morgan fingerprint density at radius 3 is 2.73 bits per heavy atom. The standard InChI is InChI=1S/C24H33N5O3S/c1-24(2,29-13-15-33(31,32)16-14-29)20(11-10-19-7-4-3-5-8-19)9-6-12-26-23(30)22-27-18-21(17-25)28-22/h6-7,9,11,18H,3-5,8,10,12-16H2,1-2H3,(H,26,30)(H,27,28)/b9-6-,20-11+. The average molecular weight is 472 g/mol. The summed E-state index contributed by atoms with van der Waals surface area (Å²) in [6.45, 7) is 5.59. The molecule has 1 saturated heterocycles. The Balaban J connectivity index is 1.70. The second kappa shape index (κ2) is 10.9. The number of rotatable bonds is 8. The molecule has 1 aliphatic carbocycles. The summed E-state index contributed by atoms with van der Waals surface area (Å²) in [5, 5.41) is 11.6. The van der Waals surface area contributed by atoms with Crippen LogP contribution < -0.4 is 5.32 Å². The van der Waals surface area contributed by atoms with Crippen LogP contribution in [0.15, 0.2) is 41.6 Å². The van der Waals surface area contributed by atoms with Crippen molar-refractivity contribution in [2.24, 2.45) is 0 Å². The van der Waals surface area contributed by atoms with Crippen LogP contribution in [0.25, 0.3) is 0 Å². The average Bonchev–Trinajstić information content (AvgIpc) is 3.28. The number of aromatic nitrogens is 2. The third-order valence-corrected chi connectivity index (χ3v) is 8.01. The van der Waals surface area contributed by atoms with Gasteiger partial charge in [-0.3, -0.25) is 9.69 Å². The molecule has 0 aromatic carbocycles. The number of sulfone groups is 1. The lowest BCUT2D eigenvalue weighted by Crippen LogP contribution is -2.52. The molecule has 2 aliphatic rings. The first-order valence-electron chi connectivity index (χ1n) is 11.4. The van der Waals surface area contributed by atoms with Gasteiger partial charge in [0.2, 0.25) is 0 Å². The van der Waals surface area contributed by atoms with Crippen molar-refractivity contribution in [3.05, 3.63) is 53.2 Å². The SMILES string of the molecule is CC(C)(C(/C=C\CNC(=O)c1ncc(C#N)[nH]1)=C/CC1=CCCCC1)N1CCS(=O)(=O)CC1. The Hall–Kier alpha value is -2.70. The van der Waals surface area contributed by atoms with Gasteiger partial charge in [-0.2, -0.15) is 5.26 Å². The number of nitriles is 1. The maximum absolute atomic E-state index is 12.2. The number of nitrogens with one attached hydrogen (secondary N) is 2. The molecule has 2 N–H and O–H groups in total. The molecule has 0 unspecified atom stereocenters. The zero-order chi connectivity index (χ0) is 23.9. The number of allylic oxidation sites excluding steroid dienone is 3. The summed E-state index contributed by atoms with van der Waals surface area (Å²) < 4.78 is 23.8. The minimum atomic E-state index is -2.95. The number of H-pyrrole nitrogens is 1. The molecule has 1 aliphatic heterocycles. The summed E-state index contributed by atoms with van der Waals surface area (Å²) in [4.78, 5) is 21.0. The van der Waals surface area contributed by atoms with Crippen molar-refractivity contribution in [2.75, 3.05) is 31.1 Å². The monoisotopic (exact) mass is 471 g/mol. The van der Waals surface area contributed by atoms with Gasteiger partial charge in [0.15, 0.2) is 15.7 Å². The van der Waals surface area contributed by atoms with Gasteiger partial charge >= 0.3 is 0 Å². The Kier molecular flexibility index (Phi) is 8.27. The van der Waals surface area contributed by atoms with Gasteiger partial charge in [-0.1, -0.05) is 29.9 Å². The maximum atomic E-state index is 12.2. The van der Waals surface area contributed by atoms with Crippen LogP contribution in [-0.4, -0.2) is 65.9 Å². The number of carbonyl (C=O) groups is 1. The summed E-state index contributed by atoms with van der Waals surface area (Å²) >= 11 is 0. The lowest BCUT2D eigenvalue weighted by Gasteiger charge is -2.42. The van der Waals surface area contributed by atoms with Crippen molar-refractivity contribution in [2.45, 2.75) is 51.5 Å². The molecule has 3 rings (SSSR count). The number of nitrogens with zero attached hydrogens (tertiary/aromatic N) is 3. The van der Waals surface area contributed by atoms with Crippen LogP contribution in [0.1, 0.15) is 62.3 Å². The van der Waals surface area contributed by atoms with Gasteiger partial charge in [0.05, 0.1) is 17.7 Å². The van der Waals surface area contributed by atoms with E-state index in [0.29, 0.717) is 19.6 Å². The minimum Gasteiger partial charge on any atom is -0.346 e. The topological polar surface area (TPSA) is 119 Å². The highest BCUT2D eigenvalue weighted by Crippen LogP contribution is 2.29. The van der Waals surface area contributed by atoms with Gasteiger partial charge in [0, 0.05) is 25.2 Å². The molecular weight excluding hydrogens is 438 g/mol. The lowest BCUT2D eigenvalue weighted by molar-refractivity contribution is 0.0948. The molecule has 8 nitrogen and oxygen atoms in total. The number of aromatic amines is 1. The van der Waals surface area contributed by atoms with Crippen LogP contribution >= 0.6 is 0 Å². The molecule has 1 amide bonds. The summed E-state index contributed by atoms with van der Waals surface area (Å²) in [5.41, 5.74) is 2.45. The first-order valence-corrected chi connectivity index (χ1v) is 13.3. The maximum Gasteiger partial charge on any atom is 0.287 e. The number of carbonyl (C=O) groups excluding carboxylic acids is 1. The first kappa shape index (κ1) is 24.9. The molecule has 0 spiro atoms. The third-order valence-electron chi connectivity index (χ3n) is 6.40. The smallest absolute Gasteiger partial charge is 0.287 e. The molecule has 0 radical (unpaired) electrons. The predicted octanol–water partition coefficient (Wildman–Crippen LogP) is 2.89. The van der Waals surface area contributed by atoms with Crippen molar-refractivity contribution in [3.63, 3.8) is 0 Å². The normalized spacial score (nSPS) is 19.8. The second-order valence-electron chi connectivity index (χ2n) is 9.04. The number of hydrogen-bond donors (Lipinski definition) is 2. The van der Waals surface area contributed by atoms with E-state index in [1.54, 1.807) is 0 Å². The van der Waals surface area contributed by atoms with Crippen LogP contribution in [0.5, 0.6) is 0 Å². The van der Waals surface area contributed by atoms with Crippen LogP contribution in [0.3, 0.4) is 0 Å². The summed E-state index contributed by atoms with van der Waals surface area (Å²) in [7, 11) is -2.95. The molecule has 2 heterocycles. The van der Waals surface area contributed by atoms with Gasteiger partial charge in [-0.15, -0.1) is 0 Å². The first-order chi connectivity index (χ1) is 15.7. The molecule has 33 heavy (non-hydrogen) atoms. The summed E-state index contributed by atoms with van der Waals surface area (Å²) in [6.07, 6.45) is 15.4. The lowest BCUT2D eigenvalue weighted by atomic mass is 9.88. The molecule has 178 valence electrons. The Morgan fingerprint density at radius 1 is 1.33 bits per heavy atom. The molecular formula is C24H33N5O3S. The van der Waals surface area contributed by atoms with Gasteiger partial charge in [-0.25, -0.2) is 13.4 Å². The van der Waals surface area contributed by atoms with Gasteiger partial charge in [0.25, 0.3) is 5.91 Å². The van der Waals surface area contributed by atoms with Crippen LogP contribution in [0.2, 0.25) is 0 Å². The largest absolute Gasteiger partial charge is 0.346 e. The van der Waals surface area contributed by atoms with Crippen molar-refractivity contribution < 1.29 is 13.2 Å². The van der Waals surface area contributed by atoms with E-state index in [0.717, 1.165) is 24.8 Å². The molecule has 1 fully saturated rings. The fourth-order valence-electron chi connectivity index (χ4n) is 4.22. The highest BCUT2D eigenvalue weighted by atomic mass is 32.2. The van der Waals surface area contributed by atoms with Gasteiger partial charge in [0.1, 0.15) is 11.8 Å². The molecule has 0 saturated carbocycles. The zero-order valence-electron chi connectivity index (χ0n) is 19.4. The van der Waals surface area contributed by atoms with E-state index in [-0.39, 0.29) is 34.5 Å². The minimum absolute atomic E-state index is 0.106. The quantitative estimate of drug-likeness (QED) is 0.444. The predicted molar refractivity (Wildman–Crippen MR) is 128 cm³/mol. The molecule has 0 atom stereocenters. The van der Waals surface area contributed by atoms with Crippen molar-refractivity contribution in [1.82, 2.24) is 20.2 Å². The highest BCUT2D eigenvalue weighted by molar-refractivity contribution is 7.91. The fourth-order valence-corrected chi connectivity index (χ4v) is 5.42. The van der Waals surface area contributed by atoms with E-state index in [2.05, 4.69) is 46.2 Å². The van der Waals surface area contributed by atoms with E-state index < -0.39 is 9.84 Å². The van der Waals surface area contributed by atoms with Crippen molar-refractivity contribution in [1.29, 1.82) is 5.26 Å². The number of amides is 1. The summed E-state index contributed by atoms with van der Waals surface area (Å²) in [6, 6.07) is 1.91. The van der Waals surface area contributed by atoms with Crippen LogP contribution in [0, 0.1) is 11.3 Å². The zero-order valence-corrected chi connectivity index (χ0v) is 20.2. The van der Waals surface area contributed by atoms with E-state index >= 15 is 0 Å². The highest BCUT2D eigenvalue weighted by Gasteiger charge is 2.34. The van der Waals surface area contributed by atoms with E-state index in [1.165, 1.54) is 24.6 Å². The van der Waals surface area contributed by atoms with E-state index in [4.69, 9.17) is 5.26 Å². The molecule has 9 heteroatoms. The molecule has 0 bridgehead atoms. The molecule has 1 aromatic heterocycles. The van der Waals surface area contributed by atoms with Crippen molar-refractivity contribution in [3.8, 4) is 6.07 Å². The van der Waals surface area contributed by atoms with Crippen molar-refractivity contribution >= 4 is 15.7 Å². The van der Waals surface area contributed by atoms with Gasteiger partial charge in [-0.05, 0) is 51.5 Å². The third kappa shape index (κ3) is 6.89. The Labute approximate surface area is 196 Å². The van der Waals surface area contributed by atoms with E-state index in [9.17, 15) is 13.2 Å². The fraction of sp³-hybridized carbons (Fsp3) is 0.542. The van der Waals surface area contributed by atoms with E-state index in [1.807, 2.05) is 18.2 Å². The second-order valence-corrected chi connectivity index (χ2v) is 11.3. The Bertz CT molecular complexity index is 1080. The van der Waals surface area contributed by atoms with Crippen LogP contribution in [-0.2, 0) is 9.84 Å². The number of imidazole rings is 1. The number of hydrogen-bond acceptors (Lipinski definition) is 6. The van der Waals surface area contributed by atoms with Crippen LogP contribution in [0.4, 0.5) is 0 Å². The van der Waals surface area contributed by atoms with Gasteiger partial charge < -0.3 is 10.3 Å². The molecule has 1 aromatic rings. The Morgan fingerprint density at radius 2 is 2.09 bits per heavy atom. The summed E-state index contributed by atoms with van der Waals surface area (Å²) in [5.74, 6) is 0.0969.